The molecule has 0 saturated carbocycles. The van der Waals surface area contributed by atoms with Crippen molar-refractivity contribution in [2.75, 3.05) is 0 Å². The standard InChI is InChI=1S/C43H25N5S2/c1-4-12-26(13-5-1)37-39-38(32-18-10-11-19-34(32)50-39)45-42(44-37)30-20-22-31-33-24-29(21-23-35(33)49-36(31)25-30)43-47-40(27-14-6-2-7-15-27)46-41(48-43)28-16-8-3-9-17-28/h1-25H. The molecular formula is C43H25N5S2. The quantitative estimate of drug-likeness (QED) is 0.182. The van der Waals surface area contributed by atoms with Crippen molar-refractivity contribution in [2.24, 2.45) is 0 Å². The summed E-state index contributed by atoms with van der Waals surface area (Å²) >= 11 is 3.53. The molecule has 10 rings (SSSR count). The third-order valence-electron chi connectivity index (χ3n) is 8.95. The van der Waals surface area contributed by atoms with Crippen molar-refractivity contribution >= 4 is 63.1 Å². The van der Waals surface area contributed by atoms with Gasteiger partial charge in [0.25, 0.3) is 0 Å². The summed E-state index contributed by atoms with van der Waals surface area (Å²) in [7, 11) is 0. The molecule has 0 aliphatic carbocycles. The van der Waals surface area contributed by atoms with E-state index < -0.39 is 0 Å². The smallest absolute Gasteiger partial charge is 0.164 e. The summed E-state index contributed by atoms with van der Waals surface area (Å²) in [6, 6.07) is 52.2. The molecule has 0 spiro atoms. The van der Waals surface area contributed by atoms with Gasteiger partial charge in [-0.25, -0.2) is 24.9 Å². The maximum absolute atomic E-state index is 5.20. The molecule has 4 aromatic heterocycles. The molecule has 5 nitrogen and oxygen atoms in total. The highest BCUT2D eigenvalue weighted by Crippen LogP contribution is 2.41. The van der Waals surface area contributed by atoms with E-state index in [0.717, 1.165) is 54.9 Å². The molecule has 10 aromatic rings. The lowest BCUT2D eigenvalue weighted by Gasteiger charge is -2.08. The van der Waals surface area contributed by atoms with Gasteiger partial charge in [0.15, 0.2) is 23.3 Å². The van der Waals surface area contributed by atoms with Gasteiger partial charge in [-0.15, -0.1) is 22.7 Å². The van der Waals surface area contributed by atoms with E-state index in [1.807, 2.05) is 66.7 Å². The number of thiophene rings is 2. The number of benzene rings is 6. The van der Waals surface area contributed by atoms with Gasteiger partial charge < -0.3 is 0 Å². The van der Waals surface area contributed by atoms with Crippen LogP contribution < -0.4 is 0 Å². The molecule has 6 aromatic carbocycles. The van der Waals surface area contributed by atoms with Crippen LogP contribution in [0.3, 0.4) is 0 Å². The van der Waals surface area contributed by atoms with Crippen LogP contribution in [0, 0.1) is 0 Å². The van der Waals surface area contributed by atoms with Gasteiger partial charge in [-0.05, 0) is 30.3 Å². The summed E-state index contributed by atoms with van der Waals surface area (Å²) in [5.74, 6) is 2.68. The highest BCUT2D eigenvalue weighted by molar-refractivity contribution is 7.26. The molecule has 0 aliphatic heterocycles. The highest BCUT2D eigenvalue weighted by atomic mass is 32.1. The molecule has 50 heavy (non-hydrogen) atoms. The van der Waals surface area contributed by atoms with E-state index in [-0.39, 0.29) is 0 Å². The Balaban J connectivity index is 1.11. The van der Waals surface area contributed by atoms with Crippen molar-refractivity contribution in [2.45, 2.75) is 0 Å². The first-order valence-electron chi connectivity index (χ1n) is 16.3. The summed E-state index contributed by atoms with van der Waals surface area (Å²) in [6.45, 7) is 0. The van der Waals surface area contributed by atoms with Crippen molar-refractivity contribution in [1.82, 2.24) is 24.9 Å². The number of hydrogen-bond acceptors (Lipinski definition) is 7. The Hall–Kier alpha value is -6.15. The van der Waals surface area contributed by atoms with Crippen LogP contribution in [0.4, 0.5) is 0 Å². The van der Waals surface area contributed by atoms with Crippen LogP contribution in [0.15, 0.2) is 152 Å². The average Bonchev–Trinajstić information content (AvgIpc) is 3.76. The third-order valence-corrected chi connectivity index (χ3v) is 11.3. The predicted molar refractivity (Wildman–Crippen MR) is 208 cm³/mol. The van der Waals surface area contributed by atoms with Crippen LogP contribution in [0.1, 0.15) is 0 Å². The van der Waals surface area contributed by atoms with Crippen LogP contribution in [0.2, 0.25) is 0 Å². The monoisotopic (exact) mass is 675 g/mol. The lowest BCUT2D eigenvalue weighted by atomic mass is 10.1. The van der Waals surface area contributed by atoms with Gasteiger partial charge in [0, 0.05) is 58.1 Å². The van der Waals surface area contributed by atoms with Gasteiger partial charge in [-0.3, -0.25) is 0 Å². The maximum atomic E-state index is 5.20. The molecule has 0 unspecified atom stereocenters. The second-order valence-electron chi connectivity index (χ2n) is 12.1. The molecular weight excluding hydrogens is 651 g/mol. The first kappa shape index (κ1) is 28.8. The zero-order chi connectivity index (χ0) is 33.0. The number of aromatic nitrogens is 5. The molecule has 0 N–H and O–H groups in total. The Bertz CT molecular complexity index is 2810. The minimum absolute atomic E-state index is 0.647. The molecule has 0 aliphatic rings. The minimum atomic E-state index is 0.647. The van der Waals surface area contributed by atoms with Crippen molar-refractivity contribution < 1.29 is 0 Å². The van der Waals surface area contributed by atoms with Crippen molar-refractivity contribution in [3.8, 4) is 56.8 Å². The summed E-state index contributed by atoms with van der Waals surface area (Å²) in [4.78, 5) is 25.2. The van der Waals surface area contributed by atoms with Gasteiger partial charge in [0.2, 0.25) is 0 Å². The molecule has 7 heteroatoms. The molecule has 0 fully saturated rings. The zero-order valence-corrected chi connectivity index (χ0v) is 28.1. The van der Waals surface area contributed by atoms with Crippen LogP contribution in [-0.4, -0.2) is 24.9 Å². The molecule has 0 atom stereocenters. The lowest BCUT2D eigenvalue weighted by Crippen LogP contribution is -2.00. The van der Waals surface area contributed by atoms with Gasteiger partial charge in [0.1, 0.15) is 0 Å². The lowest BCUT2D eigenvalue weighted by molar-refractivity contribution is 1.07. The SMILES string of the molecule is c1ccc(-c2nc(-c3ccccc3)nc(-c3ccc4sc5cc(-c6nc(-c7ccccc7)c7sc8ccccc8c7n6)ccc5c4c3)n2)cc1. The number of rotatable bonds is 5. The molecule has 0 saturated heterocycles. The first-order chi connectivity index (χ1) is 24.7. The predicted octanol–water partition coefficient (Wildman–Crippen LogP) is 11.7. The highest BCUT2D eigenvalue weighted by Gasteiger charge is 2.18. The van der Waals surface area contributed by atoms with Crippen LogP contribution >= 0.6 is 22.7 Å². The topological polar surface area (TPSA) is 64.5 Å². The number of nitrogens with zero attached hydrogens (tertiary/aromatic N) is 5. The first-order valence-corrected chi connectivity index (χ1v) is 18.0. The normalized spacial score (nSPS) is 11.6. The van der Waals surface area contributed by atoms with Crippen molar-refractivity contribution in [1.29, 1.82) is 0 Å². The minimum Gasteiger partial charge on any atom is -0.226 e. The zero-order valence-electron chi connectivity index (χ0n) is 26.5. The Morgan fingerprint density at radius 2 is 0.860 bits per heavy atom. The fourth-order valence-corrected chi connectivity index (χ4v) is 8.78. The van der Waals surface area contributed by atoms with Gasteiger partial charge in [0.05, 0.1) is 15.9 Å². The van der Waals surface area contributed by atoms with Crippen molar-refractivity contribution in [3.05, 3.63) is 152 Å². The fourth-order valence-electron chi connectivity index (χ4n) is 6.50. The van der Waals surface area contributed by atoms with E-state index in [0.29, 0.717) is 17.5 Å². The van der Waals surface area contributed by atoms with E-state index in [2.05, 4.69) is 84.9 Å². The molecule has 0 amide bonds. The van der Waals surface area contributed by atoms with Gasteiger partial charge in [-0.1, -0.05) is 121 Å². The number of fused-ring (bicyclic) bond motifs is 6. The van der Waals surface area contributed by atoms with Crippen LogP contribution in [0.25, 0.3) is 97.3 Å². The molecule has 0 radical (unpaired) electrons. The Morgan fingerprint density at radius 3 is 1.56 bits per heavy atom. The van der Waals surface area contributed by atoms with Crippen LogP contribution in [-0.2, 0) is 0 Å². The van der Waals surface area contributed by atoms with Crippen LogP contribution in [0.5, 0.6) is 0 Å². The third kappa shape index (κ3) is 4.94. The average molecular weight is 676 g/mol. The summed E-state index contributed by atoms with van der Waals surface area (Å²) < 4.78 is 4.71. The summed E-state index contributed by atoms with van der Waals surface area (Å²) in [5.41, 5.74) is 6.91. The Morgan fingerprint density at radius 1 is 0.320 bits per heavy atom. The molecule has 234 valence electrons. The second-order valence-corrected chi connectivity index (χ2v) is 14.2. The Labute approximate surface area is 295 Å². The van der Waals surface area contributed by atoms with E-state index in [1.54, 1.807) is 22.7 Å². The fraction of sp³-hybridized carbons (Fsp3) is 0. The summed E-state index contributed by atoms with van der Waals surface area (Å²) in [5, 5.41) is 3.51. The Kier molecular flexibility index (Phi) is 6.79. The van der Waals surface area contributed by atoms with E-state index in [1.165, 1.54) is 24.9 Å². The van der Waals surface area contributed by atoms with E-state index in [4.69, 9.17) is 24.9 Å². The summed E-state index contributed by atoms with van der Waals surface area (Å²) in [6.07, 6.45) is 0. The maximum Gasteiger partial charge on any atom is 0.164 e. The van der Waals surface area contributed by atoms with Crippen molar-refractivity contribution in [3.63, 3.8) is 0 Å². The second kappa shape index (κ2) is 11.8. The van der Waals surface area contributed by atoms with Gasteiger partial charge in [-0.2, -0.15) is 0 Å². The molecule has 0 bridgehead atoms. The number of hydrogen-bond donors (Lipinski definition) is 0. The van der Waals surface area contributed by atoms with Gasteiger partial charge >= 0.3 is 0 Å². The molecule has 4 heterocycles. The van der Waals surface area contributed by atoms with E-state index in [9.17, 15) is 0 Å². The van der Waals surface area contributed by atoms with E-state index >= 15 is 0 Å². The largest absolute Gasteiger partial charge is 0.226 e.